The molecule has 4 nitrogen and oxygen atoms in total. The molecule has 0 aliphatic rings. The zero-order valence-electron chi connectivity index (χ0n) is 15.2. The summed E-state index contributed by atoms with van der Waals surface area (Å²) in [6, 6.07) is 13.5. The molecule has 0 radical (unpaired) electrons. The molecule has 7 heteroatoms. The van der Waals surface area contributed by atoms with Gasteiger partial charge in [-0.2, -0.15) is 0 Å². The molecule has 0 fully saturated rings. The van der Waals surface area contributed by atoms with Gasteiger partial charge in [0.15, 0.2) is 0 Å². The summed E-state index contributed by atoms with van der Waals surface area (Å²) in [6.45, 7) is 2.03. The van der Waals surface area contributed by atoms with Crippen molar-refractivity contribution in [2.45, 2.75) is 25.3 Å². The van der Waals surface area contributed by atoms with E-state index in [4.69, 9.17) is 0 Å². The third-order valence-electron chi connectivity index (χ3n) is 4.10. The van der Waals surface area contributed by atoms with Crippen LogP contribution >= 0.6 is 27.7 Å². The van der Waals surface area contributed by atoms with Gasteiger partial charge < -0.3 is 10.2 Å². The average Bonchev–Trinajstić information content (AvgIpc) is 2.66. The third kappa shape index (κ3) is 6.36. The fraction of sp³-hybridized carbons (Fsp3) is 0.300. The molecule has 0 saturated heterocycles. The Hall–Kier alpha value is -1.86. The Morgan fingerprint density at radius 3 is 2.63 bits per heavy atom. The van der Waals surface area contributed by atoms with Gasteiger partial charge in [0.25, 0.3) is 0 Å². The summed E-state index contributed by atoms with van der Waals surface area (Å²) < 4.78 is 14.6. The van der Waals surface area contributed by atoms with Gasteiger partial charge in [-0.1, -0.05) is 46.3 Å². The first-order chi connectivity index (χ1) is 12.9. The lowest BCUT2D eigenvalue weighted by Crippen LogP contribution is -2.47. The number of likely N-dealkylation sites (N-methyl/N-ethyl adjacent to an activating group) is 1. The molecule has 0 aliphatic carbocycles. The molecule has 1 atom stereocenters. The molecule has 0 unspecified atom stereocenters. The molecule has 0 bridgehead atoms. The first kappa shape index (κ1) is 21.4. The van der Waals surface area contributed by atoms with Gasteiger partial charge in [-0.15, -0.1) is 11.8 Å². The predicted molar refractivity (Wildman–Crippen MR) is 111 cm³/mol. The van der Waals surface area contributed by atoms with Gasteiger partial charge in [0.1, 0.15) is 11.9 Å². The number of hydrogen-bond acceptors (Lipinski definition) is 3. The summed E-state index contributed by atoms with van der Waals surface area (Å²) >= 11 is 4.76. The fourth-order valence-electron chi connectivity index (χ4n) is 2.57. The highest BCUT2D eigenvalue weighted by Crippen LogP contribution is 2.19. The average molecular weight is 453 g/mol. The lowest BCUT2D eigenvalue weighted by molar-refractivity contribution is -0.138. The Balaban J connectivity index is 2.06. The molecule has 27 heavy (non-hydrogen) atoms. The van der Waals surface area contributed by atoms with Crippen molar-refractivity contribution in [3.8, 4) is 0 Å². The van der Waals surface area contributed by atoms with E-state index in [9.17, 15) is 14.0 Å². The molecular formula is C20H22BrFN2O2S. The van der Waals surface area contributed by atoms with Gasteiger partial charge >= 0.3 is 0 Å². The van der Waals surface area contributed by atoms with Gasteiger partial charge in [0.05, 0.1) is 5.75 Å². The minimum Gasteiger partial charge on any atom is -0.357 e. The standard InChI is InChI=1S/C20H22BrFN2O2S/c1-14(20(26)23-2)24(11-15-6-5-8-17(21)10-15)19(25)13-27-12-16-7-3-4-9-18(16)22/h3-10,14H,11-13H2,1-2H3,(H,23,26)/t14-/m0/s1. The Morgan fingerprint density at radius 2 is 1.96 bits per heavy atom. The Labute approximate surface area is 171 Å². The Kier molecular flexibility index (Phi) is 8.31. The highest BCUT2D eigenvalue weighted by Gasteiger charge is 2.25. The highest BCUT2D eigenvalue weighted by molar-refractivity contribution is 9.10. The highest BCUT2D eigenvalue weighted by atomic mass is 79.9. The van der Waals surface area contributed by atoms with Crippen LogP contribution in [0.2, 0.25) is 0 Å². The predicted octanol–water partition coefficient (Wildman–Crippen LogP) is 3.98. The second kappa shape index (κ2) is 10.5. The number of carbonyl (C=O) groups is 2. The molecule has 0 aromatic heterocycles. The van der Waals surface area contributed by atoms with Crippen molar-refractivity contribution < 1.29 is 14.0 Å². The van der Waals surface area contributed by atoms with E-state index < -0.39 is 6.04 Å². The van der Waals surface area contributed by atoms with Crippen LogP contribution in [0.15, 0.2) is 53.0 Å². The molecule has 0 saturated carbocycles. The van der Waals surface area contributed by atoms with Gasteiger partial charge in [0.2, 0.25) is 11.8 Å². The van der Waals surface area contributed by atoms with Crippen LogP contribution in [0.5, 0.6) is 0 Å². The topological polar surface area (TPSA) is 49.4 Å². The third-order valence-corrected chi connectivity index (χ3v) is 5.56. The molecule has 2 rings (SSSR count). The van der Waals surface area contributed by atoms with E-state index >= 15 is 0 Å². The fourth-order valence-corrected chi connectivity index (χ4v) is 3.91. The van der Waals surface area contributed by atoms with Crippen molar-refractivity contribution >= 4 is 39.5 Å². The summed E-state index contributed by atoms with van der Waals surface area (Å²) in [5.41, 5.74) is 1.49. The SMILES string of the molecule is CNC(=O)[C@H](C)N(Cc1cccc(Br)c1)C(=O)CSCc1ccccc1F. The van der Waals surface area contributed by atoms with Crippen molar-refractivity contribution in [2.75, 3.05) is 12.8 Å². The first-order valence-corrected chi connectivity index (χ1v) is 10.4. The molecular weight excluding hydrogens is 431 g/mol. The van der Waals surface area contributed by atoms with E-state index in [0.717, 1.165) is 10.0 Å². The van der Waals surface area contributed by atoms with Crippen LogP contribution in [0.4, 0.5) is 4.39 Å². The number of carbonyl (C=O) groups excluding carboxylic acids is 2. The van der Waals surface area contributed by atoms with Crippen LogP contribution in [-0.4, -0.2) is 35.6 Å². The van der Waals surface area contributed by atoms with Crippen LogP contribution in [0, 0.1) is 5.82 Å². The first-order valence-electron chi connectivity index (χ1n) is 8.49. The monoisotopic (exact) mass is 452 g/mol. The van der Waals surface area contributed by atoms with Crippen LogP contribution in [0.3, 0.4) is 0 Å². The van der Waals surface area contributed by atoms with E-state index in [1.54, 1.807) is 37.1 Å². The van der Waals surface area contributed by atoms with Crippen LogP contribution in [-0.2, 0) is 21.9 Å². The molecule has 1 N–H and O–H groups in total. The molecule has 2 amide bonds. The van der Waals surface area contributed by atoms with E-state index in [-0.39, 0.29) is 23.4 Å². The maximum Gasteiger partial charge on any atom is 0.242 e. The van der Waals surface area contributed by atoms with Gasteiger partial charge in [0, 0.05) is 23.8 Å². The van der Waals surface area contributed by atoms with Crippen LogP contribution in [0.25, 0.3) is 0 Å². The smallest absolute Gasteiger partial charge is 0.242 e. The number of rotatable bonds is 8. The second-order valence-electron chi connectivity index (χ2n) is 6.03. The molecule has 2 aromatic rings. The number of nitrogens with one attached hydrogen (secondary N) is 1. The summed E-state index contributed by atoms with van der Waals surface area (Å²) in [5, 5.41) is 2.59. The van der Waals surface area contributed by atoms with Crippen LogP contribution in [0.1, 0.15) is 18.1 Å². The minimum atomic E-state index is -0.601. The van der Waals surface area contributed by atoms with E-state index in [0.29, 0.717) is 17.9 Å². The number of halogens is 2. The number of nitrogens with zero attached hydrogens (tertiary/aromatic N) is 1. The van der Waals surface area contributed by atoms with Crippen molar-refractivity contribution in [3.63, 3.8) is 0 Å². The zero-order chi connectivity index (χ0) is 19.8. The lowest BCUT2D eigenvalue weighted by atomic mass is 10.1. The molecule has 0 aliphatic heterocycles. The van der Waals surface area contributed by atoms with Crippen molar-refractivity contribution in [1.82, 2.24) is 10.2 Å². The largest absolute Gasteiger partial charge is 0.357 e. The number of benzene rings is 2. The van der Waals surface area contributed by atoms with Gasteiger partial charge in [-0.05, 0) is 36.2 Å². The summed E-state index contributed by atoms with van der Waals surface area (Å²) in [5.74, 6) is -0.0896. The van der Waals surface area contributed by atoms with Gasteiger partial charge in [-0.25, -0.2) is 4.39 Å². The summed E-state index contributed by atoms with van der Waals surface area (Å²) in [4.78, 5) is 26.4. The van der Waals surface area contributed by atoms with E-state index in [1.807, 2.05) is 24.3 Å². The van der Waals surface area contributed by atoms with Crippen molar-refractivity contribution in [3.05, 3.63) is 69.9 Å². The second-order valence-corrected chi connectivity index (χ2v) is 7.93. The van der Waals surface area contributed by atoms with Crippen LogP contribution < -0.4 is 5.32 Å². The zero-order valence-corrected chi connectivity index (χ0v) is 17.6. The van der Waals surface area contributed by atoms with Crippen molar-refractivity contribution in [2.24, 2.45) is 0 Å². The Bertz CT molecular complexity index is 803. The Morgan fingerprint density at radius 1 is 1.22 bits per heavy atom. The van der Waals surface area contributed by atoms with E-state index in [1.165, 1.54) is 17.8 Å². The molecule has 0 spiro atoms. The number of amides is 2. The minimum absolute atomic E-state index is 0.160. The quantitative estimate of drug-likeness (QED) is 0.658. The number of thioether (sulfide) groups is 1. The lowest BCUT2D eigenvalue weighted by Gasteiger charge is -2.28. The van der Waals surface area contributed by atoms with Crippen molar-refractivity contribution in [1.29, 1.82) is 0 Å². The molecule has 2 aromatic carbocycles. The summed E-state index contributed by atoms with van der Waals surface area (Å²) in [7, 11) is 1.55. The maximum absolute atomic E-state index is 13.7. The normalized spacial score (nSPS) is 11.7. The maximum atomic E-state index is 13.7. The van der Waals surface area contributed by atoms with E-state index in [2.05, 4.69) is 21.2 Å². The molecule has 144 valence electrons. The van der Waals surface area contributed by atoms with Gasteiger partial charge in [-0.3, -0.25) is 9.59 Å². The molecule has 0 heterocycles. The number of hydrogen-bond donors (Lipinski definition) is 1. The summed E-state index contributed by atoms with van der Waals surface area (Å²) in [6.07, 6.45) is 0.